The first-order valence-electron chi connectivity index (χ1n) is 12.9. The van der Waals surface area contributed by atoms with E-state index in [1.807, 2.05) is 37.3 Å². The number of nitrogens with one attached hydrogen (secondary N) is 1. The van der Waals surface area contributed by atoms with Crippen molar-refractivity contribution in [2.75, 3.05) is 20.3 Å². The largest absolute Gasteiger partial charge is 0.493 e. The molecule has 1 fully saturated rings. The van der Waals surface area contributed by atoms with E-state index in [4.69, 9.17) is 9.47 Å². The predicted octanol–water partition coefficient (Wildman–Crippen LogP) is 3.28. The molecule has 38 heavy (non-hydrogen) atoms. The van der Waals surface area contributed by atoms with Gasteiger partial charge in [0, 0.05) is 37.9 Å². The third-order valence-electron chi connectivity index (χ3n) is 6.63. The molecule has 0 unspecified atom stereocenters. The molecular formula is C27H34N6O5. The first kappa shape index (κ1) is 27.2. The third kappa shape index (κ3) is 7.58. The molecule has 1 aliphatic rings. The average molecular weight is 523 g/mol. The van der Waals surface area contributed by atoms with Crippen LogP contribution in [0.15, 0.2) is 36.4 Å². The highest BCUT2D eigenvalue weighted by Gasteiger charge is 2.26. The summed E-state index contributed by atoms with van der Waals surface area (Å²) in [6, 6.07) is 11.1. The smallest absolute Gasteiger partial charge is 0.306 e. The van der Waals surface area contributed by atoms with Gasteiger partial charge in [-0.05, 0) is 73.6 Å². The number of rotatable bonds is 12. The zero-order valence-corrected chi connectivity index (χ0v) is 21.8. The lowest BCUT2D eigenvalue weighted by atomic mass is 9.82. The standard InChI is InChI=1S/C27H34N6O5/c1-18-13-22(25-30-32-33(31-25)17-19-7-9-21(10-8-19)27(35)36)15-24(29-18)26(34)28-16-20-5-3-6-23(14-20)38-12-4-11-37-2/h3,5-6,13-15,19,21H,4,7-12,16-17H2,1-2H3,(H,28,34)(H,35,36). The number of benzene rings is 1. The Morgan fingerprint density at radius 1 is 1.13 bits per heavy atom. The fraction of sp³-hybridized carbons (Fsp3) is 0.481. The highest BCUT2D eigenvalue weighted by Crippen LogP contribution is 2.30. The van der Waals surface area contributed by atoms with E-state index in [-0.39, 0.29) is 17.5 Å². The van der Waals surface area contributed by atoms with Gasteiger partial charge in [0.25, 0.3) is 5.91 Å². The van der Waals surface area contributed by atoms with E-state index in [0.717, 1.165) is 30.6 Å². The van der Waals surface area contributed by atoms with Gasteiger partial charge in [-0.1, -0.05) is 12.1 Å². The van der Waals surface area contributed by atoms with Crippen molar-refractivity contribution in [2.24, 2.45) is 11.8 Å². The van der Waals surface area contributed by atoms with Crippen molar-refractivity contribution in [3.63, 3.8) is 0 Å². The van der Waals surface area contributed by atoms with Crippen LogP contribution in [0.4, 0.5) is 0 Å². The molecule has 2 N–H and O–H groups in total. The number of carboxylic acid groups (broad SMARTS) is 1. The van der Waals surface area contributed by atoms with Crippen LogP contribution < -0.4 is 10.1 Å². The zero-order chi connectivity index (χ0) is 26.9. The number of carbonyl (C=O) groups excluding carboxylic acids is 1. The molecule has 11 nitrogen and oxygen atoms in total. The molecule has 2 aromatic heterocycles. The third-order valence-corrected chi connectivity index (χ3v) is 6.63. The Morgan fingerprint density at radius 2 is 1.95 bits per heavy atom. The maximum Gasteiger partial charge on any atom is 0.306 e. The number of hydrogen-bond acceptors (Lipinski definition) is 8. The minimum Gasteiger partial charge on any atom is -0.493 e. The van der Waals surface area contributed by atoms with Crippen molar-refractivity contribution in [2.45, 2.75) is 52.1 Å². The van der Waals surface area contributed by atoms with Crippen LogP contribution in [0, 0.1) is 18.8 Å². The lowest BCUT2D eigenvalue weighted by molar-refractivity contribution is -0.143. The van der Waals surface area contributed by atoms with E-state index < -0.39 is 5.97 Å². The Hall–Kier alpha value is -3.86. The predicted molar refractivity (Wildman–Crippen MR) is 138 cm³/mol. The Labute approximate surface area is 221 Å². The number of tetrazole rings is 1. The van der Waals surface area contributed by atoms with E-state index in [0.29, 0.717) is 62.1 Å². The molecule has 2 heterocycles. The maximum atomic E-state index is 12.9. The van der Waals surface area contributed by atoms with Gasteiger partial charge in [0.1, 0.15) is 11.4 Å². The number of nitrogens with zero attached hydrogens (tertiary/aromatic N) is 5. The molecular weight excluding hydrogens is 488 g/mol. The second-order valence-corrected chi connectivity index (χ2v) is 9.63. The molecule has 11 heteroatoms. The fourth-order valence-electron chi connectivity index (χ4n) is 4.58. The molecule has 0 saturated heterocycles. The highest BCUT2D eigenvalue weighted by molar-refractivity contribution is 5.93. The zero-order valence-electron chi connectivity index (χ0n) is 21.8. The molecule has 0 radical (unpaired) electrons. The SMILES string of the molecule is COCCCOc1cccc(CNC(=O)c2cc(-c3nnn(CC4CCC(C(=O)O)CC4)n3)cc(C)n2)c1. The van der Waals surface area contributed by atoms with Crippen molar-refractivity contribution in [1.29, 1.82) is 0 Å². The quantitative estimate of drug-likeness (QED) is 0.343. The second-order valence-electron chi connectivity index (χ2n) is 9.63. The summed E-state index contributed by atoms with van der Waals surface area (Å²) in [6.07, 6.45) is 3.81. The van der Waals surface area contributed by atoms with Crippen LogP contribution in [0.3, 0.4) is 0 Å². The minimum atomic E-state index is -0.714. The summed E-state index contributed by atoms with van der Waals surface area (Å²) in [4.78, 5) is 30.0. The van der Waals surface area contributed by atoms with Crippen molar-refractivity contribution < 1.29 is 24.2 Å². The van der Waals surface area contributed by atoms with Crippen LogP contribution in [0.5, 0.6) is 5.75 Å². The van der Waals surface area contributed by atoms with Gasteiger partial charge in [0.05, 0.1) is 19.1 Å². The van der Waals surface area contributed by atoms with Crippen molar-refractivity contribution >= 4 is 11.9 Å². The monoisotopic (exact) mass is 522 g/mol. The number of aryl methyl sites for hydroxylation is 1. The van der Waals surface area contributed by atoms with E-state index >= 15 is 0 Å². The molecule has 0 aliphatic heterocycles. The number of carboxylic acids is 1. The molecule has 3 aromatic rings. The van der Waals surface area contributed by atoms with Gasteiger partial charge in [-0.15, -0.1) is 10.2 Å². The lowest BCUT2D eigenvalue weighted by Gasteiger charge is -2.25. The molecule has 0 atom stereocenters. The van der Waals surface area contributed by atoms with Crippen LogP contribution in [0.2, 0.25) is 0 Å². The Balaban J connectivity index is 1.34. The summed E-state index contributed by atoms with van der Waals surface area (Å²) in [6.45, 7) is 3.94. The number of ether oxygens (including phenoxy) is 2. The number of amides is 1. The summed E-state index contributed by atoms with van der Waals surface area (Å²) >= 11 is 0. The van der Waals surface area contributed by atoms with E-state index in [9.17, 15) is 14.7 Å². The fourth-order valence-corrected chi connectivity index (χ4v) is 4.58. The van der Waals surface area contributed by atoms with Crippen molar-refractivity contribution in [1.82, 2.24) is 30.5 Å². The van der Waals surface area contributed by atoms with Gasteiger partial charge in [-0.25, -0.2) is 4.98 Å². The van der Waals surface area contributed by atoms with Gasteiger partial charge in [0.2, 0.25) is 5.82 Å². The van der Waals surface area contributed by atoms with Crippen LogP contribution in [0.1, 0.15) is 53.8 Å². The van der Waals surface area contributed by atoms with E-state index in [2.05, 4.69) is 25.7 Å². The van der Waals surface area contributed by atoms with Crippen molar-refractivity contribution in [3.05, 3.63) is 53.3 Å². The van der Waals surface area contributed by atoms with E-state index in [1.165, 1.54) is 0 Å². The summed E-state index contributed by atoms with van der Waals surface area (Å²) in [5, 5.41) is 25.0. The van der Waals surface area contributed by atoms with Crippen molar-refractivity contribution in [3.8, 4) is 17.1 Å². The first-order chi connectivity index (χ1) is 18.4. The Morgan fingerprint density at radius 3 is 2.71 bits per heavy atom. The Kier molecular flexibility index (Phi) is 9.36. The number of pyridine rings is 1. The van der Waals surface area contributed by atoms with Gasteiger partial charge in [-0.2, -0.15) is 4.80 Å². The van der Waals surface area contributed by atoms with Crippen LogP contribution in [0.25, 0.3) is 11.4 Å². The molecule has 1 aliphatic carbocycles. The van der Waals surface area contributed by atoms with Gasteiger partial charge < -0.3 is 19.9 Å². The molecule has 202 valence electrons. The first-order valence-corrected chi connectivity index (χ1v) is 12.9. The summed E-state index contributed by atoms with van der Waals surface area (Å²) < 4.78 is 10.8. The number of methoxy groups -OCH3 is 1. The van der Waals surface area contributed by atoms with E-state index in [1.54, 1.807) is 18.0 Å². The summed E-state index contributed by atoms with van der Waals surface area (Å²) in [7, 11) is 1.66. The highest BCUT2D eigenvalue weighted by atomic mass is 16.5. The van der Waals surface area contributed by atoms with Crippen LogP contribution >= 0.6 is 0 Å². The lowest BCUT2D eigenvalue weighted by Crippen LogP contribution is -2.24. The maximum absolute atomic E-state index is 12.9. The van der Waals surface area contributed by atoms with Gasteiger partial charge in [-0.3, -0.25) is 9.59 Å². The second kappa shape index (κ2) is 13.1. The van der Waals surface area contributed by atoms with Crippen LogP contribution in [-0.4, -0.2) is 62.5 Å². The summed E-state index contributed by atoms with van der Waals surface area (Å²) in [5.74, 6) is 0.216. The normalized spacial score (nSPS) is 17.2. The van der Waals surface area contributed by atoms with Crippen LogP contribution in [-0.2, 0) is 22.6 Å². The molecule has 1 saturated carbocycles. The minimum absolute atomic E-state index is 0.252. The Bertz CT molecular complexity index is 1240. The molecule has 1 aromatic carbocycles. The van der Waals surface area contributed by atoms with Gasteiger partial charge in [0.15, 0.2) is 0 Å². The molecule has 1 amide bonds. The average Bonchev–Trinajstić information content (AvgIpc) is 3.38. The number of hydrogen-bond donors (Lipinski definition) is 2. The van der Waals surface area contributed by atoms with Gasteiger partial charge >= 0.3 is 5.97 Å². The summed E-state index contributed by atoms with van der Waals surface area (Å²) in [5.41, 5.74) is 2.52. The topological polar surface area (TPSA) is 141 Å². The number of carbonyl (C=O) groups is 2. The molecule has 0 spiro atoms. The number of aliphatic carboxylic acids is 1. The number of aromatic nitrogens is 5. The molecule has 4 rings (SSSR count). The molecule has 0 bridgehead atoms.